The van der Waals surface area contributed by atoms with Crippen molar-refractivity contribution in [2.24, 2.45) is 0 Å². The van der Waals surface area contributed by atoms with Crippen molar-refractivity contribution in [2.45, 2.75) is 37.5 Å². The average Bonchev–Trinajstić information content (AvgIpc) is 2.70. The molecule has 0 aromatic heterocycles. The molecule has 6 nitrogen and oxygen atoms in total. The number of nitrogens with one attached hydrogen (secondary N) is 2. The van der Waals surface area contributed by atoms with Crippen LogP contribution in [0.5, 0.6) is 0 Å². The van der Waals surface area contributed by atoms with E-state index in [1.165, 1.54) is 44.0 Å². The average molecular weight is 420 g/mol. The van der Waals surface area contributed by atoms with Crippen molar-refractivity contribution in [1.82, 2.24) is 4.72 Å². The molecule has 2 aromatic carbocycles. The summed E-state index contributed by atoms with van der Waals surface area (Å²) >= 11 is 0. The van der Waals surface area contributed by atoms with Gasteiger partial charge >= 0.3 is 0 Å². The van der Waals surface area contributed by atoms with Gasteiger partial charge in [-0.15, -0.1) is 0 Å². The van der Waals surface area contributed by atoms with Gasteiger partial charge in [0.2, 0.25) is 15.9 Å². The molecule has 1 aliphatic heterocycles. The first-order valence-corrected chi connectivity index (χ1v) is 11.2. The number of halogens is 1. The van der Waals surface area contributed by atoms with Crippen LogP contribution in [0.2, 0.25) is 0 Å². The standard InChI is InChI=1S/C21H26FN3O3S/c1-16(26)24-21-10-9-19(15-20(21)22)29(27,28)23-12-11-17-5-7-18(8-6-17)25-13-3-2-4-14-25/h5-10,15,23H,2-4,11-14H2,1H3,(H,24,26). The van der Waals surface area contributed by atoms with Crippen molar-refractivity contribution in [3.05, 3.63) is 53.8 Å². The second kappa shape index (κ2) is 9.37. The van der Waals surface area contributed by atoms with Gasteiger partial charge in [-0.3, -0.25) is 4.79 Å². The molecule has 0 saturated carbocycles. The molecule has 1 saturated heterocycles. The van der Waals surface area contributed by atoms with Crippen molar-refractivity contribution in [2.75, 3.05) is 29.9 Å². The predicted octanol–water partition coefficient (Wildman–Crippen LogP) is 3.30. The van der Waals surface area contributed by atoms with Crippen LogP contribution in [0.15, 0.2) is 47.4 Å². The lowest BCUT2D eigenvalue weighted by atomic mass is 10.1. The molecule has 0 radical (unpaired) electrons. The number of rotatable bonds is 7. The van der Waals surface area contributed by atoms with E-state index in [9.17, 15) is 17.6 Å². The van der Waals surface area contributed by atoms with Crippen LogP contribution in [-0.2, 0) is 21.2 Å². The summed E-state index contributed by atoms with van der Waals surface area (Å²) in [6.07, 6.45) is 4.26. The van der Waals surface area contributed by atoms with Gasteiger partial charge in [0.25, 0.3) is 0 Å². The number of carbonyl (C=O) groups is 1. The predicted molar refractivity (Wildman–Crippen MR) is 112 cm³/mol. The zero-order valence-corrected chi connectivity index (χ0v) is 17.3. The van der Waals surface area contributed by atoms with Gasteiger partial charge in [-0.1, -0.05) is 12.1 Å². The van der Waals surface area contributed by atoms with E-state index in [-0.39, 0.29) is 17.1 Å². The molecular formula is C21H26FN3O3S. The highest BCUT2D eigenvalue weighted by Gasteiger charge is 2.16. The fourth-order valence-electron chi connectivity index (χ4n) is 3.39. The molecule has 1 aliphatic rings. The third-order valence-electron chi connectivity index (χ3n) is 4.92. The van der Waals surface area contributed by atoms with Crippen LogP contribution in [0.1, 0.15) is 31.7 Å². The van der Waals surface area contributed by atoms with Gasteiger partial charge in [-0.25, -0.2) is 17.5 Å². The molecule has 0 atom stereocenters. The number of anilines is 2. The highest BCUT2D eigenvalue weighted by atomic mass is 32.2. The molecule has 3 rings (SSSR count). The smallest absolute Gasteiger partial charge is 0.240 e. The Bertz CT molecular complexity index is 956. The van der Waals surface area contributed by atoms with Crippen molar-refractivity contribution in [3.8, 4) is 0 Å². The van der Waals surface area contributed by atoms with Crippen molar-refractivity contribution >= 4 is 27.3 Å². The zero-order valence-electron chi connectivity index (χ0n) is 16.4. The molecule has 156 valence electrons. The van der Waals surface area contributed by atoms with Gasteiger partial charge in [-0.05, 0) is 61.6 Å². The fraction of sp³-hybridized carbons (Fsp3) is 0.381. The molecule has 0 bridgehead atoms. The zero-order chi connectivity index (χ0) is 20.9. The van der Waals surface area contributed by atoms with E-state index in [4.69, 9.17) is 0 Å². The molecule has 1 amide bonds. The Kier molecular flexibility index (Phi) is 6.87. The molecule has 1 fully saturated rings. The minimum atomic E-state index is -3.83. The third-order valence-corrected chi connectivity index (χ3v) is 6.38. The molecular weight excluding hydrogens is 393 g/mol. The van der Waals surface area contributed by atoms with Gasteiger partial charge < -0.3 is 10.2 Å². The van der Waals surface area contributed by atoms with Crippen LogP contribution in [0, 0.1) is 5.82 Å². The van der Waals surface area contributed by atoms with E-state index >= 15 is 0 Å². The van der Waals surface area contributed by atoms with Gasteiger partial charge in [0.1, 0.15) is 5.82 Å². The van der Waals surface area contributed by atoms with Crippen LogP contribution in [0.4, 0.5) is 15.8 Å². The van der Waals surface area contributed by atoms with Crippen molar-refractivity contribution in [3.63, 3.8) is 0 Å². The highest BCUT2D eigenvalue weighted by molar-refractivity contribution is 7.89. The van der Waals surface area contributed by atoms with Crippen molar-refractivity contribution < 1.29 is 17.6 Å². The quantitative estimate of drug-likeness (QED) is 0.722. The van der Waals surface area contributed by atoms with Crippen LogP contribution < -0.4 is 14.9 Å². The summed E-state index contributed by atoms with van der Waals surface area (Å²) < 4.78 is 41.3. The molecule has 0 unspecified atom stereocenters. The molecule has 8 heteroatoms. The minimum Gasteiger partial charge on any atom is -0.372 e. The lowest BCUT2D eigenvalue weighted by molar-refractivity contribution is -0.114. The number of carbonyl (C=O) groups excluding carboxylic acids is 1. The maximum Gasteiger partial charge on any atom is 0.240 e. The van der Waals surface area contributed by atoms with Crippen LogP contribution >= 0.6 is 0 Å². The molecule has 0 aliphatic carbocycles. The maximum absolute atomic E-state index is 14.0. The Hall–Kier alpha value is -2.45. The van der Waals surface area contributed by atoms with Crippen LogP contribution in [0.3, 0.4) is 0 Å². The second-order valence-electron chi connectivity index (χ2n) is 7.18. The second-order valence-corrected chi connectivity index (χ2v) is 8.95. The largest absolute Gasteiger partial charge is 0.372 e. The van der Waals surface area contributed by atoms with E-state index in [1.54, 1.807) is 0 Å². The Morgan fingerprint density at radius 1 is 1.07 bits per heavy atom. The minimum absolute atomic E-state index is 0.0507. The Labute approximate surface area is 171 Å². The number of nitrogens with zero attached hydrogens (tertiary/aromatic N) is 1. The molecule has 1 heterocycles. The van der Waals surface area contributed by atoms with E-state index in [0.717, 1.165) is 24.7 Å². The SMILES string of the molecule is CC(=O)Nc1ccc(S(=O)(=O)NCCc2ccc(N3CCCCC3)cc2)cc1F. The summed E-state index contributed by atoms with van der Waals surface area (Å²) in [5.74, 6) is -1.22. The summed E-state index contributed by atoms with van der Waals surface area (Å²) in [5, 5.41) is 2.31. The van der Waals surface area contributed by atoms with Gasteiger partial charge in [0.15, 0.2) is 0 Å². The van der Waals surface area contributed by atoms with Gasteiger partial charge in [-0.2, -0.15) is 0 Å². The monoisotopic (exact) mass is 419 g/mol. The number of hydrogen-bond donors (Lipinski definition) is 2. The first-order chi connectivity index (χ1) is 13.8. The third kappa shape index (κ3) is 5.77. The normalized spacial score (nSPS) is 14.6. The topological polar surface area (TPSA) is 78.5 Å². The summed E-state index contributed by atoms with van der Waals surface area (Å²) in [6.45, 7) is 3.62. The van der Waals surface area contributed by atoms with Crippen LogP contribution in [0.25, 0.3) is 0 Å². The molecule has 2 aromatic rings. The summed E-state index contributed by atoms with van der Waals surface area (Å²) in [5.41, 5.74) is 2.18. The van der Waals surface area contributed by atoms with E-state index in [0.29, 0.717) is 6.42 Å². The fourth-order valence-corrected chi connectivity index (χ4v) is 4.44. The van der Waals surface area contributed by atoms with E-state index in [1.807, 2.05) is 12.1 Å². The number of sulfonamides is 1. The molecule has 29 heavy (non-hydrogen) atoms. The Morgan fingerprint density at radius 2 is 1.76 bits per heavy atom. The van der Waals surface area contributed by atoms with Crippen LogP contribution in [-0.4, -0.2) is 34.0 Å². The number of benzene rings is 2. The molecule has 2 N–H and O–H groups in total. The number of amides is 1. The summed E-state index contributed by atoms with van der Waals surface area (Å²) in [6, 6.07) is 11.6. The summed E-state index contributed by atoms with van der Waals surface area (Å²) in [4.78, 5) is 13.2. The van der Waals surface area contributed by atoms with E-state index < -0.39 is 21.7 Å². The Balaban J connectivity index is 1.56. The molecule has 0 spiro atoms. The lowest BCUT2D eigenvalue weighted by Gasteiger charge is -2.28. The first kappa shape index (κ1) is 21.3. The maximum atomic E-state index is 14.0. The first-order valence-electron chi connectivity index (χ1n) is 9.76. The van der Waals surface area contributed by atoms with Gasteiger partial charge in [0.05, 0.1) is 10.6 Å². The Morgan fingerprint density at radius 3 is 2.38 bits per heavy atom. The summed E-state index contributed by atoms with van der Waals surface area (Å²) in [7, 11) is -3.83. The number of piperidine rings is 1. The lowest BCUT2D eigenvalue weighted by Crippen LogP contribution is -2.29. The van der Waals surface area contributed by atoms with Gasteiger partial charge in [0, 0.05) is 32.2 Å². The van der Waals surface area contributed by atoms with E-state index in [2.05, 4.69) is 27.1 Å². The number of hydrogen-bond acceptors (Lipinski definition) is 4. The highest BCUT2D eigenvalue weighted by Crippen LogP contribution is 2.21. The van der Waals surface area contributed by atoms with Crippen molar-refractivity contribution in [1.29, 1.82) is 0 Å².